The van der Waals surface area contributed by atoms with Gasteiger partial charge in [-0.3, -0.25) is 9.59 Å². The molecule has 0 unspecified atom stereocenters. The third kappa shape index (κ3) is 4.70. The van der Waals surface area contributed by atoms with Crippen LogP contribution in [0.4, 0.5) is 5.69 Å². The Morgan fingerprint density at radius 2 is 1.84 bits per heavy atom. The van der Waals surface area contributed by atoms with Crippen LogP contribution in [0.5, 0.6) is 0 Å². The van der Waals surface area contributed by atoms with E-state index < -0.39 is 0 Å². The summed E-state index contributed by atoms with van der Waals surface area (Å²) in [6.07, 6.45) is 0. The lowest BCUT2D eigenvalue weighted by molar-refractivity contribution is -0.632. The normalized spacial score (nSPS) is 10.1. The van der Waals surface area contributed by atoms with Crippen molar-refractivity contribution in [2.45, 2.75) is 6.92 Å². The van der Waals surface area contributed by atoms with Crippen molar-refractivity contribution in [3.63, 3.8) is 0 Å². The lowest BCUT2D eigenvalue weighted by Gasteiger charge is -2.10. The van der Waals surface area contributed by atoms with Gasteiger partial charge >= 0.3 is 0 Å². The SMILES string of the molecule is CNC(=O)C[NH2+]CC(=O)Nc1c(Cl)ccc(C)c1Cl. The fourth-order valence-corrected chi connectivity index (χ4v) is 1.86. The fraction of sp³-hybridized carbons (Fsp3) is 0.333. The predicted octanol–water partition coefficient (Wildman–Crippen LogP) is 0.550. The van der Waals surface area contributed by atoms with Crippen molar-refractivity contribution in [3.8, 4) is 0 Å². The van der Waals surface area contributed by atoms with Crippen LogP contribution in [-0.4, -0.2) is 32.0 Å². The number of hydrogen-bond donors (Lipinski definition) is 3. The van der Waals surface area contributed by atoms with Crippen LogP contribution in [0.1, 0.15) is 5.56 Å². The highest BCUT2D eigenvalue weighted by molar-refractivity contribution is 6.40. The minimum atomic E-state index is -0.265. The molecule has 0 heterocycles. The van der Waals surface area contributed by atoms with E-state index in [4.69, 9.17) is 23.2 Å². The molecule has 2 amide bonds. The summed E-state index contributed by atoms with van der Waals surface area (Å²) < 4.78 is 0. The van der Waals surface area contributed by atoms with Crippen LogP contribution in [-0.2, 0) is 9.59 Å². The molecule has 5 nitrogen and oxygen atoms in total. The van der Waals surface area contributed by atoms with Crippen molar-refractivity contribution in [1.29, 1.82) is 0 Å². The summed E-state index contributed by atoms with van der Waals surface area (Å²) in [5.41, 5.74) is 1.23. The maximum atomic E-state index is 11.7. The zero-order valence-electron chi connectivity index (χ0n) is 10.7. The Bertz CT molecular complexity index is 492. The number of hydrogen-bond acceptors (Lipinski definition) is 2. The lowest BCUT2D eigenvalue weighted by Crippen LogP contribution is -2.88. The molecule has 0 bridgehead atoms. The fourth-order valence-electron chi connectivity index (χ4n) is 1.40. The molecule has 1 aromatic carbocycles. The second-order valence-electron chi connectivity index (χ2n) is 3.97. The average Bonchev–Trinajstić information content (AvgIpc) is 2.39. The Balaban J connectivity index is 2.58. The van der Waals surface area contributed by atoms with E-state index in [0.29, 0.717) is 15.7 Å². The van der Waals surface area contributed by atoms with Crippen LogP contribution in [0.25, 0.3) is 0 Å². The molecule has 0 atom stereocenters. The summed E-state index contributed by atoms with van der Waals surface area (Å²) in [5, 5.41) is 7.51. The van der Waals surface area contributed by atoms with Crippen molar-refractivity contribution in [3.05, 3.63) is 27.7 Å². The molecule has 7 heteroatoms. The van der Waals surface area contributed by atoms with Gasteiger partial charge in [0.25, 0.3) is 11.8 Å². The van der Waals surface area contributed by atoms with Crippen LogP contribution in [0, 0.1) is 6.92 Å². The van der Waals surface area contributed by atoms with E-state index in [0.717, 1.165) is 5.56 Å². The van der Waals surface area contributed by atoms with Crippen molar-refractivity contribution < 1.29 is 14.9 Å². The molecule has 0 fully saturated rings. The largest absolute Gasteiger partial charge is 0.354 e. The first-order valence-electron chi connectivity index (χ1n) is 5.72. The monoisotopic (exact) mass is 304 g/mol. The average molecular weight is 305 g/mol. The minimum absolute atomic E-state index is 0.119. The first kappa shape index (κ1) is 15.8. The first-order valence-corrected chi connectivity index (χ1v) is 6.48. The smallest absolute Gasteiger partial charge is 0.279 e. The van der Waals surface area contributed by atoms with Gasteiger partial charge in [-0.1, -0.05) is 29.3 Å². The van der Waals surface area contributed by atoms with Crippen LogP contribution >= 0.6 is 23.2 Å². The van der Waals surface area contributed by atoms with Gasteiger partial charge in [-0.05, 0) is 18.6 Å². The zero-order valence-corrected chi connectivity index (χ0v) is 12.2. The molecule has 19 heavy (non-hydrogen) atoms. The molecule has 0 saturated heterocycles. The quantitative estimate of drug-likeness (QED) is 0.743. The van der Waals surface area contributed by atoms with E-state index in [1.54, 1.807) is 24.5 Å². The number of rotatable bonds is 5. The number of aryl methyl sites for hydroxylation is 1. The van der Waals surface area contributed by atoms with Gasteiger partial charge in [-0.25, -0.2) is 0 Å². The van der Waals surface area contributed by atoms with E-state index in [1.165, 1.54) is 0 Å². The Hall–Kier alpha value is -1.30. The molecule has 1 aromatic rings. The van der Waals surface area contributed by atoms with Crippen LogP contribution in [0.3, 0.4) is 0 Å². The number of quaternary nitrogens is 1. The van der Waals surface area contributed by atoms with E-state index in [-0.39, 0.29) is 24.9 Å². The second kappa shape index (κ2) is 7.33. The number of likely N-dealkylation sites (N-methyl/N-ethyl adjacent to an activating group) is 1. The maximum Gasteiger partial charge on any atom is 0.279 e. The molecule has 0 saturated carbocycles. The van der Waals surface area contributed by atoms with Gasteiger partial charge in [0, 0.05) is 7.05 Å². The highest BCUT2D eigenvalue weighted by Crippen LogP contribution is 2.32. The molecule has 0 spiro atoms. The van der Waals surface area contributed by atoms with Gasteiger partial charge in [0.1, 0.15) is 0 Å². The second-order valence-corrected chi connectivity index (χ2v) is 4.76. The van der Waals surface area contributed by atoms with Gasteiger partial charge in [-0.15, -0.1) is 0 Å². The Morgan fingerprint density at radius 1 is 1.21 bits per heavy atom. The van der Waals surface area contributed by atoms with Gasteiger partial charge in [0.2, 0.25) is 0 Å². The Morgan fingerprint density at radius 3 is 2.47 bits per heavy atom. The zero-order chi connectivity index (χ0) is 14.4. The molecule has 0 radical (unpaired) electrons. The number of anilines is 1. The highest BCUT2D eigenvalue weighted by atomic mass is 35.5. The number of carbonyl (C=O) groups is 2. The number of carbonyl (C=O) groups excluding carboxylic acids is 2. The minimum Gasteiger partial charge on any atom is -0.354 e. The third-order valence-electron chi connectivity index (χ3n) is 2.49. The first-order chi connectivity index (χ1) is 8.95. The van der Waals surface area contributed by atoms with Crippen molar-refractivity contribution in [2.75, 3.05) is 25.5 Å². The predicted molar refractivity (Wildman–Crippen MR) is 75.6 cm³/mol. The number of benzene rings is 1. The topological polar surface area (TPSA) is 74.8 Å². The standard InChI is InChI=1S/C12H15Cl2N3O2/c1-7-3-4-8(13)12(11(7)14)17-10(19)6-16-5-9(18)15-2/h3-4,16H,5-6H2,1-2H3,(H,15,18)(H,17,19)/p+1. The molecule has 0 aliphatic heterocycles. The summed E-state index contributed by atoms with van der Waals surface area (Å²) in [4.78, 5) is 22.7. The van der Waals surface area contributed by atoms with E-state index >= 15 is 0 Å². The van der Waals surface area contributed by atoms with Gasteiger partial charge in [-0.2, -0.15) is 0 Å². The highest BCUT2D eigenvalue weighted by Gasteiger charge is 2.13. The summed E-state index contributed by atoms with van der Waals surface area (Å²) in [6, 6.07) is 3.45. The maximum absolute atomic E-state index is 11.7. The van der Waals surface area contributed by atoms with Crippen molar-refractivity contribution >= 4 is 40.7 Å². The van der Waals surface area contributed by atoms with Crippen LogP contribution in [0.2, 0.25) is 10.0 Å². The summed E-state index contributed by atoms with van der Waals surface area (Å²) in [5.74, 6) is -0.405. The number of nitrogens with one attached hydrogen (secondary N) is 2. The van der Waals surface area contributed by atoms with E-state index in [9.17, 15) is 9.59 Å². The molecule has 4 N–H and O–H groups in total. The van der Waals surface area contributed by atoms with Crippen LogP contribution in [0.15, 0.2) is 12.1 Å². The van der Waals surface area contributed by atoms with E-state index in [1.807, 2.05) is 6.92 Å². The van der Waals surface area contributed by atoms with Gasteiger partial charge in [0.15, 0.2) is 13.1 Å². The molecule has 0 aromatic heterocycles. The van der Waals surface area contributed by atoms with Crippen molar-refractivity contribution in [1.82, 2.24) is 5.32 Å². The van der Waals surface area contributed by atoms with Gasteiger partial charge in [0.05, 0.1) is 15.7 Å². The molecule has 1 rings (SSSR count). The molecule has 0 aliphatic rings. The van der Waals surface area contributed by atoms with Crippen LogP contribution < -0.4 is 16.0 Å². The van der Waals surface area contributed by atoms with Crippen molar-refractivity contribution in [2.24, 2.45) is 0 Å². The third-order valence-corrected chi connectivity index (χ3v) is 3.29. The molecule has 0 aliphatic carbocycles. The Kier molecular flexibility index (Phi) is 6.08. The lowest BCUT2D eigenvalue weighted by atomic mass is 10.2. The summed E-state index contributed by atoms with van der Waals surface area (Å²) in [6.45, 7) is 2.14. The number of halogens is 2. The number of amides is 2. The Labute approximate surface area is 121 Å². The van der Waals surface area contributed by atoms with Gasteiger partial charge < -0.3 is 16.0 Å². The summed E-state index contributed by atoms with van der Waals surface area (Å²) in [7, 11) is 1.54. The number of nitrogens with two attached hydrogens (primary N) is 1. The summed E-state index contributed by atoms with van der Waals surface area (Å²) >= 11 is 12.1. The van der Waals surface area contributed by atoms with E-state index in [2.05, 4.69) is 10.6 Å². The molecular formula is C12H16Cl2N3O2+. The molecular weight excluding hydrogens is 289 g/mol. The molecule has 104 valence electrons.